The summed E-state index contributed by atoms with van der Waals surface area (Å²) in [6, 6.07) is 14.3. The molecule has 1 atom stereocenters. The Morgan fingerprint density at radius 2 is 1.79 bits per heavy atom. The lowest BCUT2D eigenvalue weighted by molar-refractivity contribution is 0.0936. The predicted molar refractivity (Wildman–Crippen MR) is 116 cm³/mol. The van der Waals surface area contributed by atoms with Gasteiger partial charge in [0.25, 0.3) is 5.91 Å². The molecule has 29 heavy (non-hydrogen) atoms. The molecule has 0 aromatic heterocycles. The fourth-order valence-electron chi connectivity index (χ4n) is 3.23. The number of anilines is 1. The van der Waals surface area contributed by atoms with Gasteiger partial charge in [0.1, 0.15) is 5.75 Å². The van der Waals surface area contributed by atoms with E-state index in [1.807, 2.05) is 24.3 Å². The van der Waals surface area contributed by atoms with Crippen LogP contribution < -0.4 is 14.8 Å². The van der Waals surface area contributed by atoms with E-state index in [0.717, 1.165) is 30.7 Å². The van der Waals surface area contributed by atoms with Crippen molar-refractivity contribution in [2.45, 2.75) is 19.9 Å². The molecule has 0 spiro atoms. The Morgan fingerprint density at radius 1 is 1.10 bits per heavy atom. The molecule has 8 heteroatoms. The van der Waals surface area contributed by atoms with Crippen LogP contribution in [0.25, 0.3) is 0 Å². The summed E-state index contributed by atoms with van der Waals surface area (Å²) in [6.07, 6.45) is 1.06. The zero-order valence-corrected chi connectivity index (χ0v) is 18.1. The highest BCUT2D eigenvalue weighted by Gasteiger charge is 2.21. The van der Waals surface area contributed by atoms with Gasteiger partial charge in [0, 0.05) is 6.54 Å². The number of sulfonamides is 1. The summed E-state index contributed by atoms with van der Waals surface area (Å²) in [5, 5.41) is 2.95. The van der Waals surface area contributed by atoms with Crippen LogP contribution in [0.15, 0.2) is 48.5 Å². The molecule has 7 nitrogen and oxygen atoms in total. The molecule has 0 aliphatic carbocycles. The van der Waals surface area contributed by atoms with E-state index in [-0.39, 0.29) is 23.2 Å². The number of ether oxygens (including phenoxy) is 1. The Kier molecular flexibility index (Phi) is 8.04. The second-order valence-electron chi connectivity index (χ2n) is 6.64. The summed E-state index contributed by atoms with van der Waals surface area (Å²) in [6.45, 7) is 6.16. The van der Waals surface area contributed by atoms with Gasteiger partial charge in [-0.2, -0.15) is 0 Å². The number of rotatable bonds is 10. The van der Waals surface area contributed by atoms with E-state index in [9.17, 15) is 13.2 Å². The predicted octanol–water partition coefficient (Wildman–Crippen LogP) is 2.88. The van der Waals surface area contributed by atoms with E-state index in [0.29, 0.717) is 6.54 Å². The summed E-state index contributed by atoms with van der Waals surface area (Å²) in [7, 11) is -1.86. The fraction of sp³-hybridized carbons (Fsp3) is 0.381. The zero-order chi connectivity index (χ0) is 21.4. The third kappa shape index (κ3) is 6.47. The molecule has 158 valence electrons. The van der Waals surface area contributed by atoms with Crippen molar-refractivity contribution in [2.24, 2.45) is 0 Å². The number of para-hydroxylation sites is 1. The molecule has 1 amide bonds. The minimum absolute atomic E-state index is 0.0425. The Labute approximate surface area is 173 Å². The van der Waals surface area contributed by atoms with Gasteiger partial charge in [-0.1, -0.05) is 38.1 Å². The largest absolute Gasteiger partial charge is 0.497 e. The number of carbonyl (C=O) groups excluding carboxylic acids is 1. The van der Waals surface area contributed by atoms with Gasteiger partial charge < -0.3 is 10.1 Å². The summed E-state index contributed by atoms with van der Waals surface area (Å²) in [5.74, 6) is 0.422. The third-order valence-electron chi connectivity index (χ3n) is 4.65. The van der Waals surface area contributed by atoms with Gasteiger partial charge in [0.05, 0.1) is 30.7 Å². The van der Waals surface area contributed by atoms with Gasteiger partial charge in [0.15, 0.2) is 0 Å². The smallest absolute Gasteiger partial charge is 0.253 e. The standard InChI is InChI=1S/C21H29N3O4S/c1-5-24(6-2)20(16-10-9-11-17(14-16)28-3)15-22-21(25)18-12-7-8-13-19(18)23-29(4,26)27/h7-14,20,23H,5-6,15H2,1-4H3,(H,22,25)/t20-/m0/s1. The van der Waals surface area contributed by atoms with Crippen LogP contribution in [0.4, 0.5) is 5.69 Å². The molecule has 2 aromatic carbocycles. The van der Waals surface area contributed by atoms with E-state index in [1.165, 1.54) is 0 Å². The first-order valence-corrected chi connectivity index (χ1v) is 11.4. The van der Waals surface area contributed by atoms with Crippen molar-refractivity contribution >= 4 is 21.6 Å². The molecular formula is C21H29N3O4S. The number of methoxy groups -OCH3 is 1. The zero-order valence-electron chi connectivity index (χ0n) is 17.3. The highest BCUT2D eigenvalue weighted by molar-refractivity contribution is 7.92. The van der Waals surface area contributed by atoms with Crippen molar-refractivity contribution in [3.05, 3.63) is 59.7 Å². The van der Waals surface area contributed by atoms with Gasteiger partial charge in [-0.25, -0.2) is 8.42 Å². The lowest BCUT2D eigenvalue weighted by Crippen LogP contribution is -2.38. The van der Waals surface area contributed by atoms with Crippen molar-refractivity contribution in [1.29, 1.82) is 0 Å². The number of nitrogens with zero attached hydrogens (tertiary/aromatic N) is 1. The van der Waals surface area contributed by atoms with Crippen molar-refractivity contribution in [3.63, 3.8) is 0 Å². The van der Waals surface area contributed by atoms with Crippen LogP contribution in [-0.2, 0) is 10.0 Å². The first-order chi connectivity index (χ1) is 13.8. The maximum absolute atomic E-state index is 12.8. The average molecular weight is 420 g/mol. The molecule has 2 aromatic rings. The van der Waals surface area contributed by atoms with E-state index in [4.69, 9.17) is 4.74 Å². The minimum Gasteiger partial charge on any atom is -0.497 e. The Hall–Kier alpha value is -2.58. The minimum atomic E-state index is -3.49. The molecule has 0 unspecified atom stereocenters. The van der Waals surface area contributed by atoms with Crippen LogP contribution in [0.1, 0.15) is 35.8 Å². The topological polar surface area (TPSA) is 87.7 Å². The highest BCUT2D eigenvalue weighted by Crippen LogP contribution is 2.24. The van der Waals surface area contributed by atoms with Crippen molar-refractivity contribution < 1.29 is 17.9 Å². The number of likely N-dealkylation sites (N-methyl/N-ethyl adjacent to an activating group) is 1. The molecule has 0 heterocycles. The molecular weight excluding hydrogens is 390 g/mol. The van der Waals surface area contributed by atoms with Crippen molar-refractivity contribution in [3.8, 4) is 5.75 Å². The Bertz CT molecular complexity index is 927. The maximum Gasteiger partial charge on any atom is 0.253 e. The van der Waals surface area contributed by atoms with Gasteiger partial charge in [-0.05, 0) is 42.9 Å². The molecule has 2 rings (SSSR count). The van der Waals surface area contributed by atoms with Crippen LogP contribution in [0.5, 0.6) is 5.75 Å². The third-order valence-corrected chi connectivity index (χ3v) is 5.25. The molecule has 0 aliphatic rings. The Morgan fingerprint density at radius 3 is 2.41 bits per heavy atom. The summed E-state index contributed by atoms with van der Waals surface area (Å²) >= 11 is 0. The van der Waals surface area contributed by atoms with Crippen molar-refractivity contribution in [2.75, 3.05) is 37.7 Å². The summed E-state index contributed by atoms with van der Waals surface area (Å²) in [4.78, 5) is 15.1. The molecule has 0 saturated carbocycles. The second-order valence-corrected chi connectivity index (χ2v) is 8.39. The van der Waals surface area contributed by atoms with Crippen LogP contribution in [-0.4, -0.2) is 52.2 Å². The second kappa shape index (κ2) is 10.3. The van der Waals surface area contributed by atoms with Gasteiger partial charge in [-0.3, -0.25) is 14.4 Å². The lowest BCUT2D eigenvalue weighted by atomic mass is 10.0. The van der Waals surface area contributed by atoms with Crippen LogP contribution in [0.2, 0.25) is 0 Å². The van der Waals surface area contributed by atoms with Gasteiger partial charge >= 0.3 is 0 Å². The number of carbonyl (C=O) groups is 1. The number of hydrogen-bond donors (Lipinski definition) is 2. The van der Waals surface area contributed by atoms with E-state index >= 15 is 0 Å². The van der Waals surface area contributed by atoms with Crippen LogP contribution >= 0.6 is 0 Å². The van der Waals surface area contributed by atoms with E-state index in [1.54, 1.807) is 31.4 Å². The quantitative estimate of drug-likeness (QED) is 0.618. The first-order valence-electron chi connectivity index (χ1n) is 9.52. The van der Waals surface area contributed by atoms with Gasteiger partial charge in [-0.15, -0.1) is 0 Å². The molecule has 0 bridgehead atoms. The first kappa shape index (κ1) is 22.7. The molecule has 0 aliphatic heterocycles. The summed E-state index contributed by atoms with van der Waals surface area (Å²) < 4.78 is 30.9. The molecule has 0 radical (unpaired) electrons. The average Bonchev–Trinajstić information content (AvgIpc) is 2.70. The number of nitrogens with one attached hydrogen (secondary N) is 2. The SMILES string of the molecule is CCN(CC)[C@@H](CNC(=O)c1ccccc1NS(C)(=O)=O)c1cccc(OC)c1. The molecule has 0 saturated heterocycles. The highest BCUT2D eigenvalue weighted by atomic mass is 32.2. The lowest BCUT2D eigenvalue weighted by Gasteiger charge is -2.30. The number of benzene rings is 2. The van der Waals surface area contributed by atoms with Gasteiger partial charge in [0.2, 0.25) is 10.0 Å². The number of hydrogen-bond acceptors (Lipinski definition) is 5. The molecule has 2 N–H and O–H groups in total. The van der Waals surface area contributed by atoms with Crippen LogP contribution in [0.3, 0.4) is 0 Å². The monoisotopic (exact) mass is 419 g/mol. The normalized spacial score (nSPS) is 12.4. The molecule has 0 fully saturated rings. The van der Waals surface area contributed by atoms with Crippen molar-refractivity contribution in [1.82, 2.24) is 10.2 Å². The van der Waals surface area contributed by atoms with Crippen LogP contribution in [0, 0.1) is 0 Å². The fourth-order valence-corrected chi connectivity index (χ4v) is 3.80. The Balaban J connectivity index is 2.24. The number of amides is 1. The maximum atomic E-state index is 12.8. The summed E-state index contributed by atoms with van der Waals surface area (Å²) in [5.41, 5.74) is 1.58. The van der Waals surface area contributed by atoms with E-state index < -0.39 is 10.0 Å². The van der Waals surface area contributed by atoms with E-state index in [2.05, 4.69) is 28.8 Å².